The monoisotopic (exact) mass is 418 g/mol. The first-order valence-corrected chi connectivity index (χ1v) is 10.6. The first-order valence-electron chi connectivity index (χ1n) is 10.2. The van der Waals surface area contributed by atoms with Gasteiger partial charge in [0.2, 0.25) is 0 Å². The SMILES string of the molecule is CCn1cc(-c2ccc3c(c2)[C@H](Nc2ccc(Cl)cc2)CCn2nnc(C)c2-3)cn1. The number of nitrogens with zero attached hydrogens (tertiary/aromatic N) is 5. The van der Waals surface area contributed by atoms with E-state index in [-0.39, 0.29) is 6.04 Å². The summed E-state index contributed by atoms with van der Waals surface area (Å²) in [4.78, 5) is 0. The number of hydrogen-bond donors (Lipinski definition) is 1. The van der Waals surface area contributed by atoms with Crippen LogP contribution in [0.5, 0.6) is 0 Å². The standard InChI is InChI=1S/C23H23ClN6/c1-3-29-14-17(13-25-29)16-4-9-20-21(12-16)22(26-19-7-5-18(24)6-8-19)10-11-30-23(20)15(2)27-28-30/h4-9,12-14,22,26H,3,10-11H2,1-2H3/t22-/m1/s1. The van der Waals surface area contributed by atoms with Crippen LogP contribution >= 0.6 is 11.6 Å². The van der Waals surface area contributed by atoms with Crippen molar-refractivity contribution < 1.29 is 0 Å². The Morgan fingerprint density at radius 1 is 1.13 bits per heavy atom. The molecule has 2 aromatic heterocycles. The highest BCUT2D eigenvalue weighted by Gasteiger charge is 2.25. The fraction of sp³-hybridized carbons (Fsp3) is 0.261. The molecule has 0 spiro atoms. The van der Waals surface area contributed by atoms with Gasteiger partial charge in [0.15, 0.2) is 0 Å². The van der Waals surface area contributed by atoms with E-state index >= 15 is 0 Å². The largest absolute Gasteiger partial charge is 0.378 e. The molecule has 5 rings (SSSR count). The van der Waals surface area contributed by atoms with Crippen LogP contribution in [0.1, 0.15) is 30.6 Å². The molecule has 0 radical (unpaired) electrons. The normalized spacial score (nSPS) is 15.4. The zero-order chi connectivity index (χ0) is 20.7. The number of rotatable bonds is 4. The number of aromatic nitrogens is 5. The van der Waals surface area contributed by atoms with Gasteiger partial charge >= 0.3 is 0 Å². The first kappa shape index (κ1) is 18.9. The van der Waals surface area contributed by atoms with Crippen LogP contribution in [0.25, 0.3) is 22.4 Å². The number of halogens is 1. The molecule has 30 heavy (non-hydrogen) atoms. The number of benzene rings is 2. The van der Waals surface area contributed by atoms with Crippen LogP contribution < -0.4 is 5.32 Å². The maximum Gasteiger partial charge on any atom is 0.0918 e. The molecule has 1 aliphatic heterocycles. The van der Waals surface area contributed by atoms with Crippen molar-refractivity contribution in [1.29, 1.82) is 0 Å². The van der Waals surface area contributed by atoms with Crippen LogP contribution in [0.3, 0.4) is 0 Å². The van der Waals surface area contributed by atoms with Gasteiger partial charge in [-0.25, -0.2) is 4.68 Å². The van der Waals surface area contributed by atoms with Gasteiger partial charge < -0.3 is 5.32 Å². The van der Waals surface area contributed by atoms with Gasteiger partial charge in [0.05, 0.1) is 23.6 Å². The predicted octanol–water partition coefficient (Wildman–Crippen LogP) is 5.35. The highest BCUT2D eigenvalue weighted by molar-refractivity contribution is 6.30. The van der Waals surface area contributed by atoms with E-state index in [4.69, 9.17) is 11.6 Å². The Hall–Kier alpha value is -3.12. The van der Waals surface area contributed by atoms with Crippen LogP contribution in [0.2, 0.25) is 5.02 Å². The Balaban J connectivity index is 1.61. The quantitative estimate of drug-likeness (QED) is 0.485. The zero-order valence-corrected chi connectivity index (χ0v) is 17.8. The second-order valence-corrected chi connectivity index (χ2v) is 8.06. The maximum atomic E-state index is 6.07. The molecule has 0 unspecified atom stereocenters. The lowest BCUT2D eigenvalue weighted by atomic mass is 9.93. The molecule has 1 aliphatic rings. The number of fused-ring (bicyclic) bond motifs is 3. The molecular weight excluding hydrogens is 396 g/mol. The summed E-state index contributed by atoms with van der Waals surface area (Å²) < 4.78 is 3.97. The summed E-state index contributed by atoms with van der Waals surface area (Å²) in [6.07, 6.45) is 4.93. The van der Waals surface area contributed by atoms with E-state index < -0.39 is 0 Å². The topological polar surface area (TPSA) is 60.6 Å². The van der Waals surface area contributed by atoms with Crippen molar-refractivity contribution in [2.24, 2.45) is 0 Å². The summed E-state index contributed by atoms with van der Waals surface area (Å²) in [6.45, 7) is 5.78. The van der Waals surface area contributed by atoms with E-state index in [1.165, 1.54) is 11.1 Å². The number of nitrogens with one attached hydrogen (secondary N) is 1. The van der Waals surface area contributed by atoms with Crippen molar-refractivity contribution in [2.75, 3.05) is 5.32 Å². The van der Waals surface area contributed by atoms with E-state index in [1.807, 2.05) is 46.7 Å². The van der Waals surface area contributed by atoms with Gasteiger partial charge in [-0.3, -0.25) is 4.68 Å². The summed E-state index contributed by atoms with van der Waals surface area (Å²) in [7, 11) is 0. The highest BCUT2D eigenvalue weighted by Crippen LogP contribution is 2.39. The zero-order valence-electron chi connectivity index (χ0n) is 17.0. The van der Waals surface area contributed by atoms with E-state index in [1.54, 1.807) is 0 Å². The van der Waals surface area contributed by atoms with Gasteiger partial charge in [0.25, 0.3) is 0 Å². The van der Waals surface area contributed by atoms with Gasteiger partial charge in [-0.2, -0.15) is 5.10 Å². The van der Waals surface area contributed by atoms with Crippen molar-refractivity contribution in [3.05, 3.63) is 71.1 Å². The molecule has 3 heterocycles. The minimum atomic E-state index is 0.142. The minimum absolute atomic E-state index is 0.142. The van der Waals surface area contributed by atoms with E-state index in [0.29, 0.717) is 0 Å². The van der Waals surface area contributed by atoms with E-state index in [9.17, 15) is 0 Å². The van der Waals surface area contributed by atoms with Crippen molar-refractivity contribution in [2.45, 2.75) is 39.4 Å². The molecule has 6 nitrogen and oxygen atoms in total. The molecule has 4 aromatic rings. The fourth-order valence-electron chi connectivity index (χ4n) is 4.13. The van der Waals surface area contributed by atoms with Gasteiger partial charge in [-0.1, -0.05) is 28.9 Å². The summed E-state index contributed by atoms with van der Waals surface area (Å²) in [5.41, 5.74) is 7.81. The fourth-order valence-corrected chi connectivity index (χ4v) is 4.25. The van der Waals surface area contributed by atoms with Crippen LogP contribution in [0, 0.1) is 6.92 Å². The molecule has 0 fully saturated rings. The van der Waals surface area contributed by atoms with Crippen LogP contribution in [0.15, 0.2) is 54.9 Å². The Morgan fingerprint density at radius 3 is 2.73 bits per heavy atom. The Morgan fingerprint density at radius 2 is 1.97 bits per heavy atom. The van der Waals surface area contributed by atoms with Crippen LogP contribution in [0.4, 0.5) is 5.69 Å². The van der Waals surface area contributed by atoms with Gasteiger partial charge in [0, 0.05) is 41.1 Å². The third kappa shape index (κ3) is 3.37. The van der Waals surface area contributed by atoms with Gasteiger partial charge in [0.1, 0.15) is 0 Å². The molecule has 1 atom stereocenters. The highest BCUT2D eigenvalue weighted by atomic mass is 35.5. The smallest absolute Gasteiger partial charge is 0.0918 e. The van der Waals surface area contributed by atoms with E-state index in [0.717, 1.165) is 52.7 Å². The van der Waals surface area contributed by atoms with Crippen LogP contribution in [-0.4, -0.2) is 24.8 Å². The number of aryl methyl sites for hydroxylation is 3. The third-order valence-corrected chi connectivity index (χ3v) is 5.94. The molecule has 7 heteroatoms. The average molecular weight is 419 g/mol. The molecule has 1 N–H and O–H groups in total. The van der Waals surface area contributed by atoms with Crippen molar-refractivity contribution in [1.82, 2.24) is 24.8 Å². The second kappa shape index (κ2) is 7.61. The second-order valence-electron chi connectivity index (χ2n) is 7.63. The van der Waals surface area contributed by atoms with Crippen molar-refractivity contribution in [3.63, 3.8) is 0 Å². The first-order chi connectivity index (χ1) is 14.6. The lowest BCUT2D eigenvalue weighted by molar-refractivity contribution is 0.539. The number of hydrogen-bond acceptors (Lipinski definition) is 4. The lowest BCUT2D eigenvalue weighted by Crippen LogP contribution is -2.12. The molecule has 0 saturated heterocycles. The van der Waals surface area contributed by atoms with Crippen LogP contribution in [-0.2, 0) is 13.1 Å². The van der Waals surface area contributed by atoms with Crippen molar-refractivity contribution in [3.8, 4) is 22.4 Å². The molecular formula is C23H23ClN6. The minimum Gasteiger partial charge on any atom is -0.378 e. The van der Waals surface area contributed by atoms with Gasteiger partial charge in [-0.15, -0.1) is 5.10 Å². The Bertz CT molecular complexity index is 1190. The maximum absolute atomic E-state index is 6.07. The molecule has 0 amide bonds. The molecule has 152 valence electrons. The number of anilines is 1. The summed E-state index contributed by atoms with van der Waals surface area (Å²) in [6, 6.07) is 14.6. The van der Waals surface area contributed by atoms with E-state index in [2.05, 4.69) is 52.0 Å². The Kier molecular flexibility index (Phi) is 4.79. The lowest BCUT2D eigenvalue weighted by Gasteiger charge is -2.21. The molecule has 0 aliphatic carbocycles. The van der Waals surface area contributed by atoms with Gasteiger partial charge in [-0.05, 0) is 61.7 Å². The molecule has 0 bridgehead atoms. The third-order valence-electron chi connectivity index (χ3n) is 5.69. The summed E-state index contributed by atoms with van der Waals surface area (Å²) in [5, 5.41) is 17.6. The average Bonchev–Trinajstić information content (AvgIpc) is 3.35. The molecule has 0 saturated carbocycles. The molecule has 2 aromatic carbocycles. The van der Waals surface area contributed by atoms with Crippen molar-refractivity contribution >= 4 is 17.3 Å². The summed E-state index contributed by atoms with van der Waals surface area (Å²) in [5.74, 6) is 0. The summed E-state index contributed by atoms with van der Waals surface area (Å²) >= 11 is 6.07. The Labute approximate surface area is 180 Å². The predicted molar refractivity (Wildman–Crippen MR) is 120 cm³/mol.